The first-order valence-electron chi connectivity index (χ1n) is 9.09. The molecule has 0 unspecified atom stereocenters. The maximum absolute atomic E-state index is 13.0. The van der Waals surface area contributed by atoms with Crippen LogP contribution in [0.25, 0.3) is 0 Å². The smallest absolute Gasteiger partial charge is 0.317 e. The molecular formula is C21H26O6. The number of Topliss-reactive ketones (excluding diaryl/α,β-unsaturated/α-hetero) is 2. The van der Waals surface area contributed by atoms with E-state index in [4.69, 9.17) is 9.84 Å². The third kappa shape index (κ3) is 3.34. The highest BCUT2D eigenvalue weighted by molar-refractivity contribution is 6.11. The molecule has 27 heavy (non-hydrogen) atoms. The summed E-state index contributed by atoms with van der Waals surface area (Å²) in [6.07, 6.45) is 6.19. The van der Waals surface area contributed by atoms with Gasteiger partial charge in [-0.15, -0.1) is 0 Å². The Morgan fingerprint density at radius 3 is 2.48 bits per heavy atom. The number of aliphatic hydroxyl groups excluding tert-OH is 1. The first-order valence-corrected chi connectivity index (χ1v) is 9.09. The van der Waals surface area contributed by atoms with Crippen LogP contribution >= 0.6 is 0 Å². The van der Waals surface area contributed by atoms with Crippen molar-refractivity contribution in [3.63, 3.8) is 0 Å². The normalized spacial score (nSPS) is 30.5. The number of rotatable bonds is 8. The summed E-state index contributed by atoms with van der Waals surface area (Å²) in [7, 11) is 0. The maximum Gasteiger partial charge on any atom is 0.317 e. The molecule has 0 saturated carbocycles. The van der Waals surface area contributed by atoms with Crippen molar-refractivity contribution < 1.29 is 29.0 Å². The molecular weight excluding hydrogens is 348 g/mol. The monoisotopic (exact) mass is 374 g/mol. The fourth-order valence-corrected chi connectivity index (χ4v) is 4.43. The summed E-state index contributed by atoms with van der Waals surface area (Å²) >= 11 is 0. The number of carbonyl (C=O) groups excluding carboxylic acids is 4. The van der Waals surface area contributed by atoms with Gasteiger partial charge in [0.2, 0.25) is 5.78 Å². The fourth-order valence-electron chi connectivity index (χ4n) is 4.43. The highest BCUT2D eigenvalue weighted by Gasteiger charge is 2.69. The fraction of sp³-hybridized carbons (Fsp3) is 0.524. The molecule has 1 aliphatic heterocycles. The van der Waals surface area contributed by atoms with Gasteiger partial charge >= 0.3 is 5.97 Å². The van der Waals surface area contributed by atoms with E-state index in [9.17, 15) is 19.2 Å². The van der Waals surface area contributed by atoms with E-state index < -0.39 is 22.9 Å². The van der Waals surface area contributed by atoms with Crippen molar-refractivity contribution in [1.82, 2.24) is 0 Å². The van der Waals surface area contributed by atoms with Gasteiger partial charge in [0.05, 0.1) is 12.0 Å². The van der Waals surface area contributed by atoms with E-state index in [1.54, 1.807) is 19.9 Å². The van der Waals surface area contributed by atoms with Crippen LogP contribution in [0.5, 0.6) is 0 Å². The van der Waals surface area contributed by atoms with Crippen molar-refractivity contribution in [1.29, 1.82) is 0 Å². The number of aliphatic hydroxyl groups is 1. The van der Waals surface area contributed by atoms with Crippen LogP contribution < -0.4 is 0 Å². The van der Waals surface area contributed by atoms with E-state index in [0.717, 1.165) is 0 Å². The van der Waals surface area contributed by atoms with Gasteiger partial charge in [-0.25, -0.2) is 0 Å². The van der Waals surface area contributed by atoms with Crippen molar-refractivity contribution in [3.8, 4) is 0 Å². The molecule has 0 aromatic rings. The Bertz CT molecular complexity index is 772. The highest BCUT2D eigenvalue weighted by Crippen LogP contribution is 2.59. The quantitative estimate of drug-likeness (QED) is 0.398. The molecule has 0 aromatic carbocycles. The molecule has 1 aliphatic carbocycles. The number of ketones is 3. The summed E-state index contributed by atoms with van der Waals surface area (Å²) in [5.41, 5.74) is -1.65. The molecule has 146 valence electrons. The minimum absolute atomic E-state index is 0.00361. The summed E-state index contributed by atoms with van der Waals surface area (Å²) in [6.45, 7) is 6.29. The lowest BCUT2D eigenvalue weighted by Crippen LogP contribution is -2.51. The number of hydrogen-bond acceptors (Lipinski definition) is 6. The molecule has 0 radical (unpaired) electrons. The average molecular weight is 374 g/mol. The Morgan fingerprint density at radius 1 is 1.26 bits per heavy atom. The Labute approximate surface area is 159 Å². The lowest BCUT2D eigenvalue weighted by Gasteiger charge is -2.41. The maximum atomic E-state index is 13.0. The van der Waals surface area contributed by atoms with Crippen molar-refractivity contribution in [2.75, 3.05) is 6.61 Å². The predicted octanol–water partition coefficient (Wildman–Crippen LogP) is 2.26. The van der Waals surface area contributed by atoms with Gasteiger partial charge in [0, 0.05) is 18.8 Å². The second kappa shape index (κ2) is 7.72. The number of ether oxygens (including phenoxy) is 1. The molecule has 0 aromatic heterocycles. The first-order chi connectivity index (χ1) is 12.6. The molecule has 1 N–H and O–H groups in total. The van der Waals surface area contributed by atoms with Crippen LogP contribution in [0, 0.1) is 11.3 Å². The van der Waals surface area contributed by atoms with Gasteiger partial charge in [-0.3, -0.25) is 19.2 Å². The van der Waals surface area contributed by atoms with Crippen LogP contribution in [0.2, 0.25) is 0 Å². The van der Waals surface area contributed by atoms with Crippen LogP contribution in [-0.2, 0) is 23.9 Å². The van der Waals surface area contributed by atoms with E-state index in [2.05, 4.69) is 0 Å². The van der Waals surface area contributed by atoms with Crippen LogP contribution in [0.15, 0.2) is 35.5 Å². The number of esters is 1. The zero-order chi connectivity index (χ0) is 20.4. The topological polar surface area (TPSA) is 97.7 Å². The summed E-state index contributed by atoms with van der Waals surface area (Å²) in [6, 6.07) is 0. The molecule has 1 heterocycles. The minimum atomic E-state index is -1.40. The SMILES string of the molecule is CC[C@@]12C(=O)O[C@@](C)(C(=O)C(C)=C1CC(C)=O)[C@@H]2CC(=O)/C=C/C=C/CO. The summed E-state index contributed by atoms with van der Waals surface area (Å²) in [5, 5.41) is 8.72. The molecule has 2 bridgehead atoms. The zero-order valence-electron chi connectivity index (χ0n) is 16.2. The molecule has 3 atom stereocenters. The molecule has 1 fully saturated rings. The van der Waals surface area contributed by atoms with Gasteiger partial charge in [-0.05, 0) is 44.4 Å². The molecule has 6 heteroatoms. The summed E-state index contributed by atoms with van der Waals surface area (Å²) in [5.74, 6) is -1.93. The van der Waals surface area contributed by atoms with Crippen molar-refractivity contribution in [3.05, 3.63) is 35.5 Å². The van der Waals surface area contributed by atoms with Crippen LogP contribution in [0.4, 0.5) is 0 Å². The van der Waals surface area contributed by atoms with Gasteiger partial charge in [0.1, 0.15) is 5.78 Å². The second-order valence-electron chi connectivity index (χ2n) is 7.33. The van der Waals surface area contributed by atoms with Crippen molar-refractivity contribution in [2.45, 2.75) is 52.6 Å². The van der Waals surface area contributed by atoms with Gasteiger partial charge in [0.15, 0.2) is 11.4 Å². The van der Waals surface area contributed by atoms with E-state index >= 15 is 0 Å². The summed E-state index contributed by atoms with van der Waals surface area (Å²) in [4.78, 5) is 50.2. The Balaban J connectivity index is 2.50. The molecule has 0 amide bonds. The van der Waals surface area contributed by atoms with E-state index in [1.807, 2.05) is 6.92 Å². The minimum Gasteiger partial charge on any atom is -0.450 e. The van der Waals surface area contributed by atoms with E-state index in [0.29, 0.717) is 17.6 Å². The lowest BCUT2D eigenvalue weighted by atomic mass is 9.56. The average Bonchev–Trinajstić information content (AvgIpc) is 2.80. The number of allylic oxidation sites excluding steroid dienone is 3. The Morgan fingerprint density at radius 2 is 1.93 bits per heavy atom. The number of fused-ring (bicyclic) bond motifs is 2. The Kier molecular flexibility index (Phi) is 6.00. The molecule has 2 rings (SSSR count). The number of hydrogen-bond donors (Lipinski definition) is 1. The first kappa shape index (κ1) is 21.0. The van der Waals surface area contributed by atoms with Gasteiger partial charge in [-0.2, -0.15) is 0 Å². The number of carbonyl (C=O) groups is 4. The van der Waals surface area contributed by atoms with Crippen LogP contribution in [0.1, 0.15) is 47.0 Å². The van der Waals surface area contributed by atoms with E-state index in [-0.39, 0.29) is 36.8 Å². The van der Waals surface area contributed by atoms with Gasteiger partial charge in [-0.1, -0.05) is 25.2 Å². The molecule has 2 aliphatic rings. The molecule has 1 saturated heterocycles. The van der Waals surface area contributed by atoms with Crippen LogP contribution in [-0.4, -0.2) is 40.6 Å². The molecule has 6 nitrogen and oxygen atoms in total. The Hall–Kier alpha value is -2.34. The van der Waals surface area contributed by atoms with Crippen molar-refractivity contribution >= 4 is 23.3 Å². The highest BCUT2D eigenvalue weighted by atomic mass is 16.6. The van der Waals surface area contributed by atoms with Gasteiger partial charge in [0.25, 0.3) is 0 Å². The third-order valence-electron chi connectivity index (χ3n) is 5.73. The van der Waals surface area contributed by atoms with E-state index in [1.165, 1.54) is 25.2 Å². The van der Waals surface area contributed by atoms with Crippen molar-refractivity contribution in [2.24, 2.45) is 11.3 Å². The van der Waals surface area contributed by atoms with Crippen LogP contribution in [0.3, 0.4) is 0 Å². The van der Waals surface area contributed by atoms with Gasteiger partial charge < -0.3 is 9.84 Å². The largest absolute Gasteiger partial charge is 0.450 e. The lowest BCUT2D eigenvalue weighted by molar-refractivity contribution is -0.157. The summed E-state index contributed by atoms with van der Waals surface area (Å²) < 4.78 is 5.55. The second-order valence-corrected chi connectivity index (χ2v) is 7.33. The standard InChI is InChI=1S/C21H26O6/c1-5-21-16(11-13(2)23)14(3)18(25)20(4,27-19(21)26)17(21)12-15(24)9-7-6-8-10-22/h6-9,17,22H,5,10-12H2,1-4H3/b8-6+,9-7+/t17-,20+,21+/m0/s1. The third-order valence-corrected chi connectivity index (χ3v) is 5.73. The predicted molar refractivity (Wildman–Crippen MR) is 98.7 cm³/mol. The zero-order valence-corrected chi connectivity index (χ0v) is 16.2. The molecule has 0 spiro atoms.